The highest BCUT2D eigenvalue weighted by molar-refractivity contribution is 7.89. The van der Waals surface area contributed by atoms with Gasteiger partial charge in [0.15, 0.2) is 0 Å². The zero-order valence-electron chi connectivity index (χ0n) is 13.3. The van der Waals surface area contributed by atoms with Crippen molar-refractivity contribution in [1.82, 2.24) is 19.5 Å². The van der Waals surface area contributed by atoms with Crippen molar-refractivity contribution in [1.29, 1.82) is 0 Å². The van der Waals surface area contributed by atoms with Crippen LogP contribution in [0.1, 0.15) is 18.9 Å². The van der Waals surface area contributed by atoms with Crippen LogP contribution in [0.4, 0.5) is 5.69 Å². The second-order valence-electron chi connectivity index (χ2n) is 5.62. The molecule has 1 N–H and O–H groups in total. The van der Waals surface area contributed by atoms with Gasteiger partial charge in [-0.1, -0.05) is 0 Å². The van der Waals surface area contributed by atoms with Crippen LogP contribution in [0.2, 0.25) is 0 Å². The fourth-order valence-electron chi connectivity index (χ4n) is 2.79. The van der Waals surface area contributed by atoms with Gasteiger partial charge in [0.2, 0.25) is 15.9 Å². The van der Waals surface area contributed by atoms with E-state index in [4.69, 9.17) is 0 Å². The quantitative estimate of drug-likeness (QED) is 0.850. The van der Waals surface area contributed by atoms with Gasteiger partial charge in [-0.2, -0.15) is 5.10 Å². The molecule has 0 fully saturated rings. The number of rotatable bonds is 5. The van der Waals surface area contributed by atoms with E-state index in [0.717, 1.165) is 24.1 Å². The number of benzene rings is 1. The van der Waals surface area contributed by atoms with Crippen molar-refractivity contribution >= 4 is 21.6 Å². The molecule has 9 heteroatoms. The summed E-state index contributed by atoms with van der Waals surface area (Å²) in [5, 5.41) is 3.92. The molecule has 0 aliphatic carbocycles. The van der Waals surface area contributed by atoms with E-state index in [1.807, 2.05) is 0 Å². The normalized spacial score (nSPS) is 14.5. The van der Waals surface area contributed by atoms with Crippen LogP contribution in [-0.4, -0.2) is 42.2 Å². The van der Waals surface area contributed by atoms with Crippen molar-refractivity contribution in [3.05, 3.63) is 36.4 Å². The second kappa shape index (κ2) is 6.70. The Labute approximate surface area is 140 Å². The van der Waals surface area contributed by atoms with Crippen molar-refractivity contribution < 1.29 is 13.2 Å². The first-order valence-electron chi connectivity index (χ1n) is 7.70. The van der Waals surface area contributed by atoms with Gasteiger partial charge in [-0.3, -0.25) is 9.48 Å². The van der Waals surface area contributed by atoms with Crippen LogP contribution in [0, 0.1) is 0 Å². The average molecular weight is 349 g/mol. The maximum absolute atomic E-state index is 12.4. The fourth-order valence-corrected chi connectivity index (χ4v) is 3.87. The molecular formula is C15H19N5O3S. The van der Waals surface area contributed by atoms with Crippen LogP contribution < -0.4 is 9.62 Å². The van der Waals surface area contributed by atoms with E-state index < -0.39 is 10.0 Å². The number of nitrogens with zero attached hydrogens (tertiary/aromatic N) is 4. The topological polar surface area (TPSA) is 97.2 Å². The summed E-state index contributed by atoms with van der Waals surface area (Å²) in [6, 6.07) is 4.90. The lowest BCUT2D eigenvalue weighted by molar-refractivity contribution is -0.116. The molecule has 0 saturated heterocycles. The third-order valence-electron chi connectivity index (χ3n) is 3.96. The number of aryl methyl sites for hydroxylation is 1. The average Bonchev–Trinajstić information content (AvgIpc) is 3.06. The van der Waals surface area contributed by atoms with Crippen molar-refractivity contribution in [2.45, 2.75) is 31.2 Å². The number of nitrogens with one attached hydrogen (secondary N) is 1. The van der Waals surface area contributed by atoms with E-state index in [9.17, 15) is 13.2 Å². The van der Waals surface area contributed by atoms with Crippen molar-refractivity contribution in [3.8, 4) is 0 Å². The molecule has 0 unspecified atom stereocenters. The Kier molecular flexibility index (Phi) is 4.63. The van der Waals surface area contributed by atoms with Crippen LogP contribution in [0.3, 0.4) is 0 Å². The van der Waals surface area contributed by atoms with E-state index in [1.165, 1.54) is 25.6 Å². The van der Waals surface area contributed by atoms with Gasteiger partial charge >= 0.3 is 0 Å². The molecule has 0 bridgehead atoms. The summed E-state index contributed by atoms with van der Waals surface area (Å²) < 4.78 is 29.0. The number of carbonyl (C=O) groups is 1. The molecule has 24 heavy (non-hydrogen) atoms. The third-order valence-corrected chi connectivity index (χ3v) is 5.42. The van der Waals surface area contributed by atoms with Gasteiger partial charge in [-0.15, -0.1) is 0 Å². The van der Waals surface area contributed by atoms with Crippen LogP contribution in [0.25, 0.3) is 0 Å². The van der Waals surface area contributed by atoms with Crippen LogP contribution >= 0.6 is 0 Å². The summed E-state index contributed by atoms with van der Waals surface area (Å²) in [6.07, 6.45) is 4.53. The number of sulfonamides is 1. The van der Waals surface area contributed by atoms with E-state index >= 15 is 0 Å². The molecular weight excluding hydrogens is 330 g/mol. The zero-order chi connectivity index (χ0) is 17.2. The number of hydrogen-bond acceptors (Lipinski definition) is 5. The van der Waals surface area contributed by atoms with Gasteiger partial charge in [-0.05, 0) is 36.6 Å². The Balaban J connectivity index is 1.75. The molecule has 8 nitrogen and oxygen atoms in total. The summed E-state index contributed by atoms with van der Waals surface area (Å²) in [6.45, 7) is 2.82. The molecule has 1 amide bonds. The van der Waals surface area contributed by atoms with E-state index in [-0.39, 0.29) is 17.3 Å². The molecule has 0 atom stereocenters. The Morgan fingerprint density at radius 2 is 2.21 bits per heavy atom. The van der Waals surface area contributed by atoms with Crippen molar-refractivity contribution in [3.63, 3.8) is 0 Å². The van der Waals surface area contributed by atoms with Crippen LogP contribution in [-0.2, 0) is 27.8 Å². The van der Waals surface area contributed by atoms with E-state index in [0.29, 0.717) is 13.1 Å². The Hall–Kier alpha value is -2.26. The molecule has 1 aliphatic rings. The maximum Gasteiger partial charge on any atom is 0.240 e. The molecule has 3 rings (SSSR count). The van der Waals surface area contributed by atoms with Gasteiger partial charge in [-0.25, -0.2) is 18.1 Å². The standard InChI is InChI=1S/C15H19N5O3S/c1-12(21)20-7-2-3-13-9-14(4-5-15(13)20)24(22,23)18-6-8-19-11-16-10-17-19/h4-5,9-11,18H,2-3,6-8H2,1H3. The Morgan fingerprint density at radius 1 is 1.38 bits per heavy atom. The third kappa shape index (κ3) is 3.46. The largest absolute Gasteiger partial charge is 0.312 e. The highest BCUT2D eigenvalue weighted by Gasteiger charge is 2.22. The van der Waals surface area contributed by atoms with Gasteiger partial charge < -0.3 is 4.90 Å². The molecule has 0 saturated carbocycles. The monoisotopic (exact) mass is 349 g/mol. The summed E-state index contributed by atoms with van der Waals surface area (Å²) in [5.41, 5.74) is 1.69. The fraction of sp³-hybridized carbons (Fsp3) is 0.400. The minimum Gasteiger partial charge on any atom is -0.312 e. The summed E-state index contributed by atoms with van der Waals surface area (Å²) in [5.74, 6) is -0.0301. The summed E-state index contributed by atoms with van der Waals surface area (Å²) >= 11 is 0. The van der Waals surface area contributed by atoms with E-state index in [1.54, 1.807) is 21.7 Å². The van der Waals surface area contributed by atoms with Crippen LogP contribution in [0.5, 0.6) is 0 Å². The highest BCUT2D eigenvalue weighted by Crippen LogP contribution is 2.29. The number of hydrogen-bond donors (Lipinski definition) is 1. The lowest BCUT2D eigenvalue weighted by Gasteiger charge is -2.28. The van der Waals surface area contributed by atoms with Crippen molar-refractivity contribution in [2.75, 3.05) is 18.0 Å². The molecule has 0 spiro atoms. The van der Waals surface area contributed by atoms with Gasteiger partial charge in [0.05, 0.1) is 11.4 Å². The predicted octanol–water partition coefficient (Wildman–Crippen LogP) is 0.556. The van der Waals surface area contributed by atoms with Gasteiger partial charge in [0, 0.05) is 25.7 Å². The van der Waals surface area contributed by atoms with Gasteiger partial charge in [0.1, 0.15) is 12.7 Å². The van der Waals surface area contributed by atoms with Crippen molar-refractivity contribution in [2.24, 2.45) is 0 Å². The Morgan fingerprint density at radius 3 is 2.92 bits per heavy atom. The highest BCUT2D eigenvalue weighted by atomic mass is 32.2. The molecule has 0 radical (unpaired) electrons. The first-order chi connectivity index (χ1) is 11.5. The van der Waals surface area contributed by atoms with Gasteiger partial charge in [0.25, 0.3) is 0 Å². The molecule has 128 valence electrons. The first kappa shape index (κ1) is 16.6. The minimum atomic E-state index is -3.60. The zero-order valence-corrected chi connectivity index (χ0v) is 14.2. The molecule has 1 aromatic heterocycles. The smallest absolute Gasteiger partial charge is 0.240 e. The number of aromatic nitrogens is 3. The number of anilines is 1. The lowest BCUT2D eigenvalue weighted by Crippen LogP contribution is -2.34. The molecule has 2 aromatic rings. The predicted molar refractivity (Wildman–Crippen MR) is 88.0 cm³/mol. The summed E-state index contributed by atoms with van der Waals surface area (Å²) in [4.78, 5) is 17.4. The number of carbonyl (C=O) groups excluding carboxylic acids is 1. The SMILES string of the molecule is CC(=O)N1CCCc2cc(S(=O)(=O)NCCn3cncn3)ccc21. The summed E-state index contributed by atoms with van der Waals surface area (Å²) in [7, 11) is -3.60. The molecule has 1 aliphatic heterocycles. The number of fused-ring (bicyclic) bond motifs is 1. The van der Waals surface area contributed by atoms with Crippen LogP contribution in [0.15, 0.2) is 35.7 Å². The minimum absolute atomic E-state index is 0.0301. The lowest BCUT2D eigenvalue weighted by atomic mass is 10.0. The maximum atomic E-state index is 12.4. The number of amides is 1. The molecule has 1 aromatic carbocycles. The Bertz CT molecular complexity index is 833. The first-order valence-corrected chi connectivity index (χ1v) is 9.19. The second-order valence-corrected chi connectivity index (χ2v) is 7.39. The molecule has 2 heterocycles. The van der Waals surface area contributed by atoms with E-state index in [2.05, 4.69) is 14.8 Å².